The van der Waals surface area contributed by atoms with Gasteiger partial charge in [0.1, 0.15) is 5.56 Å². The van der Waals surface area contributed by atoms with Crippen LogP contribution in [0, 0.1) is 0 Å². The zero-order valence-corrected chi connectivity index (χ0v) is 19.4. The minimum absolute atomic E-state index is 0.0849. The lowest BCUT2D eigenvalue weighted by molar-refractivity contribution is 0.0693. The molecule has 2 rings (SSSR count). The molecule has 29 heavy (non-hydrogen) atoms. The van der Waals surface area contributed by atoms with E-state index in [-0.39, 0.29) is 21.4 Å². The highest BCUT2D eigenvalue weighted by molar-refractivity contribution is 7.98. The third-order valence-electron chi connectivity index (χ3n) is 3.11. The summed E-state index contributed by atoms with van der Waals surface area (Å²) in [6.07, 6.45) is 1.95. The average molecular weight is 462 g/mol. The Morgan fingerprint density at radius 1 is 1.03 bits per heavy atom. The molecule has 0 aliphatic heterocycles. The van der Waals surface area contributed by atoms with Gasteiger partial charge in [-0.1, -0.05) is 35.0 Å². The topological polar surface area (TPSA) is 109 Å². The summed E-state index contributed by atoms with van der Waals surface area (Å²) in [6.45, 7) is 8.21. The van der Waals surface area contributed by atoms with E-state index >= 15 is 0 Å². The highest BCUT2D eigenvalue weighted by Crippen LogP contribution is 2.33. The molecule has 0 radical (unpaired) electrons. The van der Waals surface area contributed by atoms with Gasteiger partial charge in [-0.15, -0.1) is 0 Å². The van der Waals surface area contributed by atoms with Crippen LogP contribution < -0.4 is 15.4 Å². The number of thioether (sulfide) groups is 1. The number of halogens is 2. The van der Waals surface area contributed by atoms with Crippen molar-refractivity contribution in [3.63, 3.8) is 0 Å². The number of aromatic nitrogens is 3. The number of anilines is 2. The zero-order chi connectivity index (χ0) is 22.1. The molecule has 11 heteroatoms. The Labute approximate surface area is 184 Å². The van der Waals surface area contributed by atoms with Gasteiger partial charge < -0.3 is 20.5 Å². The van der Waals surface area contributed by atoms with Crippen molar-refractivity contribution < 1.29 is 14.6 Å². The van der Waals surface area contributed by atoms with Gasteiger partial charge in [-0.05, 0) is 46.1 Å². The SMILES string of the molecule is COc1c(Cl)ccc(Cl)c1C(=O)O.CSc1nc(NC(C)C)nc(NC(C)C)n1. The van der Waals surface area contributed by atoms with E-state index in [1.165, 1.54) is 31.0 Å². The lowest BCUT2D eigenvalue weighted by Crippen LogP contribution is -2.17. The van der Waals surface area contributed by atoms with Crippen molar-refractivity contribution in [3.05, 3.63) is 27.7 Å². The zero-order valence-electron chi connectivity index (χ0n) is 17.1. The van der Waals surface area contributed by atoms with Crippen LogP contribution in [0.3, 0.4) is 0 Å². The third-order valence-corrected chi connectivity index (χ3v) is 4.27. The smallest absolute Gasteiger partial charge is 0.341 e. The summed E-state index contributed by atoms with van der Waals surface area (Å²) >= 11 is 12.9. The summed E-state index contributed by atoms with van der Waals surface area (Å²) in [5.74, 6) is 0.168. The van der Waals surface area contributed by atoms with Crippen LogP contribution in [0.4, 0.5) is 11.9 Å². The molecule has 0 saturated heterocycles. The molecule has 1 aromatic heterocycles. The molecule has 0 fully saturated rings. The fraction of sp³-hybridized carbons (Fsp3) is 0.444. The molecule has 2 aromatic rings. The molecule has 0 amide bonds. The van der Waals surface area contributed by atoms with E-state index in [1.807, 2.05) is 6.26 Å². The first-order chi connectivity index (χ1) is 13.6. The van der Waals surface area contributed by atoms with Crippen molar-refractivity contribution in [2.45, 2.75) is 44.9 Å². The second-order valence-electron chi connectivity index (χ2n) is 6.31. The van der Waals surface area contributed by atoms with E-state index in [0.29, 0.717) is 24.0 Å². The summed E-state index contributed by atoms with van der Waals surface area (Å²) in [6, 6.07) is 3.51. The normalized spacial score (nSPS) is 10.4. The molecular weight excluding hydrogens is 437 g/mol. The number of carboxylic acid groups (broad SMARTS) is 1. The van der Waals surface area contributed by atoms with Crippen LogP contribution in [-0.2, 0) is 0 Å². The van der Waals surface area contributed by atoms with Gasteiger partial charge in [0.05, 0.1) is 17.2 Å². The summed E-state index contributed by atoms with van der Waals surface area (Å²) in [5.41, 5.74) is -0.114. The van der Waals surface area contributed by atoms with Gasteiger partial charge in [0.25, 0.3) is 0 Å². The Balaban J connectivity index is 0.000000296. The number of methoxy groups -OCH3 is 1. The first kappa shape index (κ1) is 25.1. The second kappa shape index (κ2) is 11.9. The first-order valence-corrected chi connectivity index (χ1v) is 10.7. The number of carboxylic acids is 1. The lowest BCUT2D eigenvalue weighted by Gasteiger charge is -2.12. The number of hydrogen-bond donors (Lipinski definition) is 3. The van der Waals surface area contributed by atoms with Gasteiger partial charge in [-0.3, -0.25) is 0 Å². The molecule has 8 nitrogen and oxygen atoms in total. The van der Waals surface area contributed by atoms with Gasteiger partial charge in [0.15, 0.2) is 10.9 Å². The summed E-state index contributed by atoms with van der Waals surface area (Å²) < 4.78 is 4.82. The fourth-order valence-corrected chi connectivity index (χ4v) is 2.85. The standard InChI is InChI=1S/C10H19N5S.C8H6Cl2O3/c1-6(2)11-8-13-9(12-7(3)4)15-10(14-8)16-5;1-13-7-5(10)3-2-4(9)6(7)8(11)12/h6-7H,1-5H3,(H2,11,12,13,14,15);2-3H,1H3,(H,11,12). The van der Waals surface area contributed by atoms with Crippen LogP contribution in [-0.4, -0.2) is 51.5 Å². The highest BCUT2D eigenvalue weighted by atomic mass is 35.5. The predicted octanol–water partition coefficient (Wildman–Crippen LogP) is 4.93. The van der Waals surface area contributed by atoms with E-state index in [4.69, 9.17) is 33.0 Å². The molecule has 0 atom stereocenters. The minimum atomic E-state index is -1.16. The van der Waals surface area contributed by atoms with Crippen molar-refractivity contribution in [1.29, 1.82) is 0 Å². The van der Waals surface area contributed by atoms with Crippen molar-refractivity contribution in [3.8, 4) is 5.75 Å². The summed E-state index contributed by atoms with van der Waals surface area (Å²) in [4.78, 5) is 23.6. The van der Waals surface area contributed by atoms with Gasteiger partial charge >= 0.3 is 5.97 Å². The Hall–Kier alpha value is -1.97. The van der Waals surface area contributed by atoms with Crippen molar-refractivity contribution in [2.75, 3.05) is 24.0 Å². The number of benzene rings is 1. The average Bonchev–Trinajstić information content (AvgIpc) is 2.62. The quantitative estimate of drug-likeness (QED) is 0.493. The number of aromatic carboxylic acids is 1. The molecule has 0 aliphatic rings. The maximum absolute atomic E-state index is 10.7. The summed E-state index contributed by atoms with van der Waals surface area (Å²) in [7, 11) is 1.34. The van der Waals surface area contributed by atoms with E-state index in [2.05, 4.69) is 53.3 Å². The van der Waals surface area contributed by atoms with Crippen molar-refractivity contribution >= 4 is 52.8 Å². The Kier molecular flexibility index (Phi) is 10.3. The van der Waals surface area contributed by atoms with Gasteiger partial charge in [-0.25, -0.2) is 4.79 Å². The fourth-order valence-electron chi connectivity index (χ4n) is 2.03. The molecule has 0 unspecified atom stereocenters. The van der Waals surface area contributed by atoms with E-state index < -0.39 is 5.97 Å². The monoisotopic (exact) mass is 461 g/mol. The van der Waals surface area contributed by atoms with Crippen molar-refractivity contribution in [1.82, 2.24) is 15.0 Å². The molecule has 0 aliphatic carbocycles. The van der Waals surface area contributed by atoms with Crippen molar-refractivity contribution in [2.24, 2.45) is 0 Å². The molecule has 0 spiro atoms. The molecule has 1 aromatic carbocycles. The molecular formula is C18H25Cl2N5O3S. The van der Waals surface area contributed by atoms with E-state index in [1.54, 1.807) is 0 Å². The molecule has 0 bridgehead atoms. The Bertz CT molecular complexity index is 809. The molecule has 3 N–H and O–H groups in total. The summed E-state index contributed by atoms with van der Waals surface area (Å²) in [5, 5.41) is 16.2. The van der Waals surface area contributed by atoms with Gasteiger partial charge in [0.2, 0.25) is 11.9 Å². The number of hydrogen-bond acceptors (Lipinski definition) is 8. The largest absolute Gasteiger partial charge is 0.494 e. The van der Waals surface area contributed by atoms with Crippen LogP contribution in [0.5, 0.6) is 5.75 Å². The Morgan fingerprint density at radius 2 is 1.52 bits per heavy atom. The van der Waals surface area contributed by atoms with E-state index in [0.717, 1.165) is 5.16 Å². The van der Waals surface area contributed by atoms with Crippen LogP contribution in [0.2, 0.25) is 10.0 Å². The van der Waals surface area contributed by atoms with Crippen LogP contribution in [0.15, 0.2) is 17.3 Å². The second-order valence-corrected chi connectivity index (χ2v) is 7.90. The Morgan fingerprint density at radius 3 is 1.86 bits per heavy atom. The molecule has 1 heterocycles. The van der Waals surface area contributed by atoms with E-state index in [9.17, 15) is 4.79 Å². The molecule has 0 saturated carbocycles. The number of carbonyl (C=O) groups is 1. The van der Waals surface area contributed by atoms with Crippen LogP contribution in [0.1, 0.15) is 38.1 Å². The maximum atomic E-state index is 10.7. The first-order valence-electron chi connectivity index (χ1n) is 8.67. The van der Waals surface area contributed by atoms with Gasteiger partial charge in [0, 0.05) is 12.1 Å². The molecule has 160 valence electrons. The maximum Gasteiger partial charge on any atom is 0.341 e. The third kappa shape index (κ3) is 8.12. The predicted molar refractivity (Wildman–Crippen MR) is 119 cm³/mol. The lowest BCUT2D eigenvalue weighted by atomic mass is 10.2. The van der Waals surface area contributed by atoms with Gasteiger partial charge in [-0.2, -0.15) is 15.0 Å². The van der Waals surface area contributed by atoms with Crippen LogP contribution >= 0.6 is 35.0 Å². The minimum Gasteiger partial charge on any atom is -0.494 e. The van der Waals surface area contributed by atoms with Crippen LogP contribution in [0.25, 0.3) is 0 Å². The number of ether oxygens (including phenoxy) is 1. The number of nitrogens with zero attached hydrogens (tertiary/aromatic N) is 3. The highest BCUT2D eigenvalue weighted by Gasteiger charge is 2.18. The number of nitrogens with one attached hydrogen (secondary N) is 2. The number of rotatable bonds is 7.